The third kappa shape index (κ3) is 2.67. The van der Waals surface area contributed by atoms with Crippen molar-refractivity contribution in [2.24, 2.45) is 0 Å². The van der Waals surface area contributed by atoms with Crippen LogP contribution < -0.4 is 4.72 Å². The van der Waals surface area contributed by atoms with Crippen LogP contribution in [0, 0.1) is 0 Å². The van der Waals surface area contributed by atoms with Crippen molar-refractivity contribution in [2.75, 3.05) is 18.8 Å². The van der Waals surface area contributed by atoms with E-state index in [0.29, 0.717) is 0 Å². The molecule has 88 valence electrons. The Morgan fingerprint density at radius 2 is 2.12 bits per heavy atom. The molecule has 0 bridgehead atoms. The van der Waals surface area contributed by atoms with Gasteiger partial charge < -0.3 is 5.11 Å². The predicted octanol–water partition coefficient (Wildman–Crippen LogP) is -0.00190. The second-order valence-corrected chi connectivity index (χ2v) is 4.98. The van der Waals surface area contributed by atoms with Crippen LogP contribution >= 0.6 is 0 Å². The Morgan fingerprint density at radius 3 is 2.62 bits per heavy atom. The number of rotatable bonds is 4. The van der Waals surface area contributed by atoms with E-state index in [-0.39, 0.29) is 11.4 Å². The molecule has 16 heavy (non-hydrogen) atoms. The molecule has 0 aromatic carbocycles. The van der Waals surface area contributed by atoms with E-state index in [1.54, 1.807) is 0 Å². The number of hydrogen-bond donors (Lipinski definition) is 2. The molecule has 8 heteroatoms. The van der Waals surface area contributed by atoms with Gasteiger partial charge in [0, 0.05) is 20.3 Å². The SMILES string of the molecule is CN(C)S(=O)(=O)Nc1ncccc1C(=O)O. The van der Waals surface area contributed by atoms with E-state index >= 15 is 0 Å². The lowest BCUT2D eigenvalue weighted by Gasteiger charge is -2.13. The molecule has 0 saturated heterocycles. The summed E-state index contributed by atoms with van der Waals surface area (Å²) < 4.78 is 25.9. The minimum atomic E-state index is -3.75. The lowest BCUT2D eigenvalue weighted by atomic mass is 10.3. The minimum absolute atomic E-state index is 0.201. The molecular formula is C8H11N3O4S. The van der Waals surface area contributed by atoms with Gasteiger partial charge in [-0.1, -0.05) is 0 Å². The summed E-state index contributed by atoms with van der Waals surface area (Å²) in [4.78, 5) is 14.5. The Labute approximate surface area is 92.9 Å². The molecule has 0 spiro atoms. The number of nitrogens with zero attached hydrogens (tertiary/aromatic N) is 2. The third-order valence-electron chi connectivity index (χ3n) is 1.74. The summed E-state index contributed by atoms with van der Waals surface area (Å²) in [7, 11) is -1.10. The fourth-order valence-corrected chi connectivity index (χ4v) is 1.46. The average Bonchev–Trinajstić information content (AvgIpc) is 2.17. The van der Waals surface area contributed by atoms with Crippen LogP contribution in [0.15, 0.2) is 18.3 Å². The number of aromatic nitrogens is 1. The molecule has 0 amide bonds. The first-order valence-electron chi connectivity index (χ1n) is 4.23. The molecular weight excluding hydrogens is 234 g/mol. The van der Waals surface area contributed by atoms with E-state index in [1.165, 1.54) is 32.4 Å². The van der Waals surface area contributed by atoms with Crippen LogP contribution in [0.5, 0.6) is 0 Å². The van der Waals surface area contributed by atoms with Gasteiger partial charge in [0.2, 0.25) is 0 Å². The molecule has 2 N–H and O–H groups in total. The van der Waals surface area contributed by atoms with Crippen molar-refractivity contribution in [3.8, 4) is 0 Å². The van der Waals surface area contributed by atoms with Crippen LogP contribution in [-0.4, -0.2) is 42.9 Å². The molecule has 1 heterocycles. The highest BCUT2D eigenvalue weighted by Crippen LogP contribution is 2.13. The first-order valence-corrected chi connectivity index (χ1v) is 5.67. The molecule has 0 saturated carbocycles. The number of carbonyl (C=O) groups is 1. The number of carboxylic acid groups (broad SMARTS) is 1. The van der Waals surface area contributed by atoms with Gasteiger partial charge in [-0.25, -0.2) is 9.78 Å². The molecule has 0 fully saturated rings. The summed E-state index contributed by atoms with van der Waals surface area (Å²) in [6.07, 6.45) is 1.31. The number of pyridine rings is 1. The van der Waals surface area contributed by atoms with Gasteiger partial charge in [0.15, 0.2) is 5.82 Å². The van der Waals surface area contributed by atoms with Gasteiger partial charge in [-0.05, 0) is 12.1 Å². The predicted molar refractivity (Wildman–Crippen MR) is 57.4 cm³/mol. The van der Waals surface area contributed by atoms with Gasteiger partial charge in [0.05, 0.1) is 0 Å². The normalized spacial score (nSPS) is 11.4. The first-order chi connectivity index (χ1) is 7.34. The van der Waals surface area contributed by atoms with Crippen LogP contribution in [0.4, 0.5) is 5.82 Å². The zero-order chi connectivity index (χ0) is 12.3. The second-order valence-electron chi connectivity index (χ2n) is 3.09. The Balaban J connectivity index is 3.12. The van der Waals surface area contributed by atoms with Crippen LogP contribution in [-0.2, 0) is 10.2 Å². The zero-order valence-corrected chi connectivity index (χ0v) is 9.52. The van der Waals surface area contributed by atoms with Gasteiger partial charge in [-0.3, -0.25) is 4.72 Å². The standard InChI is InChI=1S/C8H11N3O4S/c1-11(2)16(14,15)10-7-6(8(12)13)4-3-5-9-7/h3-5H,1-2H3,(H,9,10)(H,12,13). The number of carboxylic acids is 1. The molecule has 0 aliphatic heterocycles. The van der Waals surface area contributed by atoms with Crippen LogP contribution in [0.25, 0.3) is 0 Å². The molecule has 0 radical (unpaired) electrons. The summed E-state index contributed by atoms with van der Waals surface area (Å²) in [5, 5.41) is 8.81. The van der Waals surface area contributed by atoms with Gasteiger partial charge in [0.25, 0.3) is 0 Å². The van der Waals surface area contributed by atoms with Crippen LogP contribution in [0.3, 0.4) is 0 Å². The third-order valence-corrected chi connectivity index (χ3v) is 3.16. The van der Waals surface area contributed by atoms with E-state index in [1.807, 2.05) is 0 Å². The lowest BCUT2D eigenvalue weighted by molar-refractivity contribution is 0.0697. The van der Waals surface area contributed by atoms with Gasteiger partial charge in [0.1, 0.15) is 5.56 Å². The van der Waals surface area contributed by atoms with E-state index in [2.05, 4.69) is 9.71 Å². The van der Waals surface area contributed by atoms with Crippen molar-refractivity contribution in [1.29, 1.82) is 0 Å². The maximum Gasteiger partial charge on any atom is 0.339 e. The fraction of sp³-hybridized carbons (Fsp3) is 0.250. The Bertz CT molecular complexity index is 498. The number of hydrogen-bond acceptors (Lipinski definition) is 4. The Hall–Kier alpha value is -1.67. The van der Waals surface area contributed by atoms with Gasteiger partial charge in [-0.2, -0.15) is 12.7 Å². The quantitative estimate of drug-likeness (QED) is 0.777. The number of anilines is 1. The summed E-state index contributed by atoms with van der Waals surface area (Å²) >= 11 is 0. The zero-order valence-electron chi connectivity index (χ0n) is 8.71. The maximum absolute atomic E-state index is 11.5. The highest BCUT2D eigenvalue weighted by Gasteiger charge is 2.18. The van der Waals surface area contributed by atoms with Crippen molar-refractivity contribution >= 4 is 22.0 Å². The molecule has 0 aliphatic rings. The molecule has 1 rings (SSSR count). The van der Waals surface area contributed by atoms with E-state index in [0.717, 1.165) is 4.31 Å². The highest BCUT2D eigenvalue weighted by molar-refractivity contribution is 7.90. The van der Waals surface area contributed by atoms with Crippen molar-refractivity contribution < 1.29 is 18.3 Å². The molecule has 0 atom stereocenters. The summed E-state index contributed by atoms with van der Waals surface area (Å²) in [5.74, 6) is -1.45. The van der Waals surface area contributed by atoms with E-state index in [4.69, 9.17) is 5.11 Å². The highest BCUT2D eigenvalue weighted by atomic mass is 32.2. The second kappa shape index (κ2) is 4.45. The largest absolute Gasteiger partial charge is 0.478 e. The molecule has 1 aromatic rings. The smallest absolute Gasteiger partial charge is 0.339 e. The van der Waals surface area contributed by atoms with Crippen molar-refractivity contribution in [3.63, 3.8) is 0 Å². The summed E-state index contributed by atoms with van der Waals surface area (Å²) in [6.45, 7) is 0. The number of aromatic carboxylic acids is 1. The van der Waals surface area contributed by atoms with Crippen molar-refractivity contribution in [2.45, 2.75) is 0 Å². The lowest BCUT2D eigenvalue weighted by Crippen LogP contribution is -2.30. The van der Waals surface area contributed by atoms with Crippen LogP contribution in [0.2, 0.25) is 0 Å². The Morgan fingerprint density at radius 1 is 1.50 bits per heavy atom. The maximum atomic E-state index is 11.5. The fourth-order valence-electron chi connectivity index (χ4n) is 0.873. The average molecular weight is 245 g/mol. The monoisotopic (exact) mass is 245 g/mol. The Kier molecular flexibility index (Phi) is 3.45. The van der Waals surface area contributed by atoms with E-state index < -0.39 is 16.2 Å². The van der Waals surface area contributed by atoms with Crippen LogP contribution in [0.1, 0.15) is 10.4 Å². The first kappa shape index (κ1) is 12.4. The minimum Gasteiger partial charge on any atom is -0.478 e. The van der Waals surface area contributed by atoms with E-state index in [9.17, 15) is 13.2 Å². The van der Waals surface area contributed by atoms with Gasteiger partial charge >= 0.3 is 16.2 Å². The summed E-state index contributed by atoms with van der Waals surface area (Å²) in [6, 6.07) is 2.68. The van der Waals surface area contributed by atoms with Crippen molar-refractivity contribution in [3.05, 3.63) is 23.9 Å². The number of nitrogens with one attached hydrogen (secondary N) is 1. The summed E-state index contributed by atoms with van der Waals surface area (Å²) in [5.41, 5.74) is -0.201. The van der Waals surface area contributed by atoms with Crippen molar-refractivity contribution in [1.82, 2.24) is 9.29 Å². The molecule has 0 aliphatic carbocycles. The van der Waals surface area contributed by atoms with Gasteiger partial charge in [-0.15, -0.1) is 0 Å². The molecule has 1 aromatic heterocycles. The molecule has 0 unspecified atom stereocenters. The topological polar surface area (TPSA) is 99.6 Å². The molecule has 7 nitrogen and oxygen atoms in total.